The highest BCUT2D eigenvalue weighted by Gasteiger charge is 2.28. The number of anilines is 2. The number of nitrogen functional groups attached to an aromatic ring is 1. The Morgan fingerprint density at radius 3 is 2.68 bits per heavy atom. The summed E-state index contributed by atoms with van der Waals surface area (Å²) in [6.07, 6.45) is 3.46. The number of piperidine rings is 1. The molecular formula is C19H24N4O2. The van der Waals surface area contributed by atoms with Crippen molar-refractivity contribution in [1.82, 2.24) is 9.97 Å². The van der Waals surface area contributed by atoms with Gasteiger partial charge in [-0.3, -0.25) is 4.79 Å². The molecule has 2 aromatic rings. The first-order valence-electron chi connectivity index (χ1n) is 8.52. The molecule has 6 heteroatoms. The lowest BCUT2D eigenvalue weighted by atomic mass is 9.89. The summed E-state index contributed by atoms with van der Waals surface area (Å²) in [4.78, 5) is 23.6. The minimum absolute atomic E-state index is 0.0639. The summed E-state index contributed by atoms with van der Waals surface area (Å²) < 4.78 is 5.39. The second-order valence-corrected chi connectivity index (χ2v) is 6.57. The van der Waals surface area contributed by atoms with Crippen molar-refractivity contribution >= 4 is 17.5 Å². The van der Waals surface area contributed by atoms with Crippen LogP contribution in [0.4, 0.5) is 11.8 Å². The normalized spacial score (nSPS) is 17.4. The van der Waals surface area contributed by atoms with E-state index in [1.807, 2.05) is 30.9 Å². The van der Waals surface area contributed by atoms with E-state index in [4.69, 9.17) is 10.5 Å². The molecule has 1 aromatic heterocycles. The van der Waals surface area contributed by atoms with Crippen LogP contribution in [0.3, 0.4) is 0 Å². The number of nitrogens with two attached hydrogens (primary N) is 1. The molecule has 1 fully saturated rings. The zero-order valence-electron chi connectivity index (χ0n) is 15.0. The molecule has 1 aliphatic heterocycles. The smallest absolute Gasteiger partial charge is 0.227 e. The summed E-state index contributed by atoms with van der Waals surface area (Å²) in [5.74, 6) is 1.99. The fourth-order valence-electron chi connectivity index (χ4n) is 3.54. The molecule has 0 saturated carbocycles. The molecule has 2 heterocycles. The highest BCUT2D eigenvalue weighted by atomic mass is 16.5. The SMILES string of the molecule is COc1c(C)cc(C(=O)[C@H]2CCCN(c3nccc(N)n3)C2)cc1C. The molecule has 0 unspecified atom stereocenters. The number of ketones is 1. The van der Waals surface area contributed by atoms with Crippen molar-refractivity contribution in [3.63, 3.8) is 0 Å². The maximum atomic E-state index is 13.0. The number of aromatic nitrogens is 2. The number of benzene rings is 1. The summed E-state index contributed by atoms with van der Waals surface area (Å²) in [6.45, 7) is 5.40. The van der Waals surface area contributed by atoms with Crippen LogP contribution in [0.15, 0.2) is 24.4 Å². The van der Waals surface area contributed by atoms with Crippen LogP contribution < -0.4 is 15.4 Å². The van der Waals surface area contributed by atoms with Crippen LogP contribution >= 0.6 is 0 Å². The third-order valence-electron chi connectivity index (χ3n) is 4.69. The lowest BCUT2D eigenvalue weighted by molar-refractivity contribution is 0.0906. The maximum absolute atomic E-state index is 13.0. The van der Waals surface area contributed by atoms with Crippen LogP contribution in [0.25, 0.3) is 0 Å². The highest BCUT2D eigenvalue weighted by Crippen LogP contribution is 2.28. The fraction of sp³-hybridized carbons (Fsp3) is 0.421. The lowest BCUT2D eigenvalue weighted by Gasteiger charge is -2.32. The number of Topliss-reactive ketones (excluding diaryl/α,β-unsaturated/α-hetero) is 1. The number of carbonyl (C=O) groups excluding carboxylic acids is 1. The maximum Gasteiger partial charge on any atom is 0.227 e. The molecule has 132 valence electrons. The monoisotopic (exact) mass is 340 g/mol. The molecule has 1 saturated heterocycles. The van der Waals surface area contributed by atoms with Gasteiger partial charge in [-0.05, 0) is 56.0 Å². The van der Waals surface area contributed by atoms with Crippen LogP contribution in [0.1, 0.15) is 34.3 Å². The predicted octanol–water partition coefficient (Wildman–Crippen LogP) is 2.78. The molecule has 1 aliphatic rings. The van der Waals surface area contributed by atoms with Crippen LogP contribution in [-0.4, -0.2) is 36.0 Å². The summed E-state index contributed by atoms with van der Waals surface area (Å²) in [7, 11) is 1.65. The average molecular weight is 340 g/mol. The number of rotatable bonds is 4. The van der Waals surface area contributed by atoms with Crippen LogP contribution in [-0.2, 0) is 0 Å². The summed E-state index contributed by atoms with van der Waals surface area (Å²) in [5.41, 5.74) is 8.47. The third kappa shape index (κ3) is 3.57. The minimum atomic E-state index is -0.0639. The Morgan fingerprint density at radius 2 is 2.04 bits per heavy atom. The topological polar surface area (TPSA) is 81.3 Å². The van der Waals surface area contributed by atoms with Gasteiger partial charge in [-0.2, -0.15) is 4.98 Å². The van der Waals surface area contributed by atoms with E-state index in [-0.39, 0.29) is 11.7 Å². The largest absolute Gasteiger partial charge is 0.496 e. The Morgan fingerprint density at radius 1 is 1.32 bits per heavy atom. The van der Waals surface area contributed by atoms with E-state index in [1.165, 1.54) is 0 Å². The first kappa shape index (κ1) is 17.2. The van der Waals surface area contributed by atoms with Gasteiger partial charge in [0, 0.05) is 30.8 Å². The molecule has 0 spiro atoms. The first-order valence-corrected chi connectivity index (χ1v) is 8.52. The second kappa shape index (κ2) is 7.09. The molecule has 1 aromatic carbocycles. The zero-order valence-corrected chi connectivity index (χ0v) is 15.0. The number of ether oxygens (including phenoxy) is 1. The van der Waals surface area contributed by atoms with Crippen LogP contribution in [0.2, 0.25) is 0 Å². The number of hydrogen-bond acceptors (Lipinski definition) is 6. The number of carbonyl (C=O) groups is 1. The Bertz CT molecular complexity index is 768. The molecule has 25 heavy (non-hydrogen) atoms. The third-order valence-corrected chi connectivity index (χ3v) is 4.69. The van der Waals surface area contributed by atoms with Crippen molar-refractivity contribution in [3.8, 4) is 5.75 Å². The van der Waals surface area contributed by atoms with Gasteiger partial charge in [0.25, 0.3) is 0 Å². The van der Waals surface area contributed by atoms with E-state index in [0.29, 0.717) is 18.3 Å². The van der Waals surface area contributed by atoms with E-state index < -0.39 is 0 Å². The van der Waals surface area contributed by atoms with Gasteiger partial charge in [0.1, 0.15) is 11.6 Å². The Labute approximate surface area is 148 Å². The molecule has 0 bridgehead atoms. The van der Waals surface area contributed by atoms with E-state index >= 15 is 0 Å². The van der Waals surface area contributed by atoms with Gasteiger partial charge in [-0.25, -0.2) is 4.98 Å². The van der Waals surface area contributed by atoms with Crippen LogP contribution in [0, 0.1) is 19.8 Å². The number of methoxy groups -OCH3 is 1. The molecule has 0 amide bonds. The fourth-order valence-corrected chi connectivity index (χ4v) is 3.54. The van der Waals surface area contributed by atoms with E-state index in [1.54, 1.807) is 19.4 Å². The first-order chi connectivity index (χ1) is 12.0. The van der Waals surface area contributed by atoms with Crippen molar-refractivity contribution in [2.24, 2.45) is 5.92 Å². The van der Waals surface area contributed by atoms with Gasteiger partial charge in [0.15, 0.2) is 5.78 Å². The van der Waals surface area contributed by atoms with E-state index in [9.17, 15) is 4.79 Å². The molecular weight excluding hydrogens is 316 g/mol. The predicted molar refractivity (Wildman–Crippen MR) is 98.2 cm³/mol. The van der Waals surface area contributed by atoms with E-state index in [0.717, 1.165) is 41.8 Å². The molecule has 0 radical (unpaired) electrons. The van der Waals surface area contributed by atoms with Crippen molar-refractivity contribution in [2.75, 3.05) is 30.8 Å². The van der Waals surface area contributed by atoms with Crippen LogP contribution in [0.5, 0.6) is 5.75 Å². The second-order valence-electron chi connectivity index (χ2n) is 6.57. The number of hydrogen-bond donors (Lipinski definition) is 1. The quantitative estimate of drug-likeness (QED) is 0.862. The average Bonchev–Trinajstić information content (AvgIpc) is 2.61. The lowest BCUT2D eigenvalue weighted by Crippen LogP contribution is -2.39. The van der Waals surface area contributed by atoms with E-state index in [2.05, 4.69) is 9.97 Å². The van der Waals surface area contributed by atoms with Crippen molar-refractivity contribution in [3.05, 3.63) is 41.1 Å². The molecule has 2 N–H and O–H groups in total. The van der Waals surface area contributed by atoms with Crippen molar-refractivity contribution in [1.29, 1.82) is 0 Å². The Balaban J connectivity index is 1.80. The summed E-state index contributed by atoms with van der Waals surface area (Å²) in [5, 5.41) is 0. The summed E-state index contributed by atoms with van der Waals surface area (Å²) >= 11 is 0. The van der Waals surface area contributed by atoms with Gasteiger partial charge >= 0.3 is 0 Å². The van der Waals surface area contributed by atoms with Crippen molar-refractivity contribution in [2.45, 2.75) is 26.7 Å². The molecule has 0 aliphatic carbocycles. The molecule has 6 nitrogen and oxygen atoms in total. The summed E-state index contributed by atoms with van der Waals surface area (Å²) in [6, 6.07) is 5.51. The number of aryl methyl sites for hydroxylation is 2. The van der Waals surface area contributed by atoms with Gasteiger partial charge in [0.05, 0.1) is 7.11 Å². The van der Waals surface area contributed by atoms with Gasteiger partial charge in [-0.1, -0.05) is 0 Å². The Kier molecular flexibility index (Phi) is 4.88. The highest BCUT2D eigenvalue weighted by molar-refractivity contribution is 5.99. The number of nitrogens with zero attached hydrogens (tertiary/aromatic N) is 3. The molecule has 1 atom stereocenters. The molecule has 3 rings (SSSR count). The zero-order chi connectivity index (χ0) is 18.0. The van der Waals surface area contributed by atoms with Crippen molar-refractivity contribution < 1.29 is 9.53 Å². The van der Waals surface area contributed by atoms with Gasteiger partial charge in [0.2, 0.25) is 5.95 Å². The minimum Gasteiger partial charge on any atom is -0.496 e. The Hall–Kier alpha value is -2.63. The van der Waals surface area contributed by atoms with Gasteiger partial charge < -0.3 is 15.4 Å². The van der Waals surface area contributed by atoms with Gasteiger partial charge in [-0.15, -0.1) is 0 Å². The standard InChI is InChI=1S/C19H24N4O2/c1-12-9-15(10-13(2)18(12)25-3)17(24)14-5-4-8-23(11-14)19-21-7-6-16(20)22-19/h6-7,9-10,14H,4-5,8,11H2,1-3H3,(H2,20,21,22)/t14-/m0/s1.